The van der Waals surface area contributed by atoms with Crippen molar-refractivity contribution in [2.45, 2.75) is 31.5 Å². The lowest BCUT2D eigenvalue weighted by atomic mass is 10.1. The van der Waals surface area contributed by atoms with E-state index in [1.165, 1.54) is 17.2 Å². The van der Waals surface area contributed by atoms with Crippen molar-refractivity contribution in [2.75, 3.05) is 18.5 Å². The number of allylic oxidation sites excluding steroid dienone is 1. The summed E-state index contributed by atoms with van der Waals surface area (Å²) in [7, 11) is 0. The third-order valence-electron chi connectivity index (χ3n) is 3.80. The van der Waals surface area contributed by atoms with Crippen molar-refractivity contribution in [3.05, 3.63) is 23.8 Å². The monoisotopic (exact) mass is 355 g/mol. The van der Waals surface area contributed by atoms with E-state index in [9.17, 15) is 15.3 Å². The van der Waals surface area contributed by atoms with Crippen molar-refractivity contribution in [3.63, 3.8) is 0 Å². The van der Waals surface area contributed by atoms with Crippen molar-refractivity contribution in [3.8, 4) is 0 Å². The Bertz CT molecular complexity index is 748. The fraction of sp³-hybridized carbons (Fsp3) is 0.500. The Morgan fingerprint density at radius 2 is 2.17 bits per heavy atom. The number of anilines is 1. The van der Waals surface area contributed by atoms with Gasteiger partial charge in [-0.15, -0.1) is 0 Å². The number of rotatable bonds is 5. The first kappa shape index (κ1) is 17.1. The number of ether oxygens (including phenoxy) is 1. The Balaban J connectivity index is 1.90. The number of nitrogens with zero attached hydrogens (tertiary/aromatic N) is 4. The Labute approximate surface area is 142 Å². The zero-order valence-corrected chi connectivity index (χ0v) is 13.6. The maximum atomic E-state index is 10.1. The van der Waals surface area contributed by atoms with Crippen molar-refractivity contribution < 1.29 is 20.1 Å². The summed E-state index contributed by atoms with van der Waals surface area (Å²) >= 11 is 5.79. The molecular formula is C14H18ClN5O4. The van der Waals surface area contributed by atoms with Crippen molar-refractivity contribution in [1.29, 1.82) is 0 Å². The molecule has 2 aromatic heterocycles. The van der Waals surface area contributed by atoms with Gasteiger partial charge in [0.2, 0.25) is 0 Å². The third kappa shape index (κ3) is 3.08. The van der Waals surface area contributed by atoms with Gasteiger partial charge < -0.3 is 25.4 Å². The number of aliphatic hydroxyl groups is 3. The summed E-state index contributed by atoms with van der Waals surface area (Å²) in [6.07, 6.45) is 0.461. The van der Waals surface area contributed by atoms with Gasteiger partial charge >= 0.3 is 0 Å². The molecule has 0 radical (unpaired) electrons. The number of nitrogens with one attached hydrogen (secondary N) is 1. The largest absolute Gasteiger partial charge is 0.394 e. The number of hydrogen-bond acceptors (Lipinski definition) is 8. The van der Waals surface area contributed by atoms with Gasteiger partial charge in [0, 0.05) is 11.6 Å². The molecule has 2 unspecified atom stereocenters. The molecule has 1 aliphatic rings. The van der Waals surface area contributed by atoms with Crippen LogP contribution in [-0.4, -0.2) is 66.3 Å². The summed E-state index contributed by atoms with van der Waals surface area (Å²) in [5.41, 5.74) is 0.935. The molecule has 1 saturated heterocycles. The molecule has 0 bridgehead atoms. The molecule has 24 heavy (non-hydrogen) atoms. The standard InChI is InChI=1S/C14H18ClN5O4/c1-7(15)2-3-16-12-9-13(18-5-17-12)20(6-19-9)14-11(23)10(22)8(4-21)24-14/h2,5-6,8,10-11,14,21-23H,3-4H2,1H3,(H,16,17,18)/t8-,10?,11?,14-/m1/s1. The highest BCUT2D eigenvalue weighted by Crippen LogP contribution is 2.31. The molecule has 0 aromatic carbocycles. The van der Waals surface area contributed by atoms with Crippen LogP contribution in [0.5, 0.6) is 0 Å². The van der Waals surface area contributed by atoms with Crippen molar-refractivity contribution in [2.24, 2.45) is 0 Å². The van der Waals surface area contributed by atoms with Crippen LogP contribution < -0.4 is 5.32 Å². The Hall–Kier alpha value is -1.78. The van der Waals surface area contributed by atoms with Gasteiger partial charge in [-0.05, 0) is 6.92 Å². The minimum Gasteiger partial charge on any atom is -0.394 e. The zero-order valence-electron chi connectivity index (χ0n) is 12.9. The van der Waals surface area contributed by atoms with Gasteiger partial charge in [-0.2, -0.15) is 0 Å². The van der Waals surface area contributed by atoms with E-state index in [-0.39, 0.29) is 0 Å². The predicted molar refractivity (Wildman–Crippen MR) is 86.4 cm³/mol. The molecule has 0 aliphatic carbocycles. The third-order valence-corrected chi connectivity index (χ3v) is 3.96. The lowest BCUT2D eigenvalue weighted by Crippen LogP contribution is -2.33. The molecule has 9 nitrogen and oxygen atoms in total. The number of aromatic nitrogens is 4. The summed E-state index contributed by atoms with van der Waals surface area (Å²) in [5.74, 6) is 0.514. The molecule has 1 aliphatic heterocycles. The Kier molecular flexibility index (Phi) is 4.97. The van der Waals surface area contributed by atoms with E-state index in [1.807, 2.05) is 0 Å². The highest BCUT2D eigenvalue weighted by atomic mass is 35.5. The van der Waals surface area contributed by atoms with Crippen LogP contribution in [0.4, 0.5) is 5.82 Å². The molecule has 0 amide bonds. The smallest absolute Gasteiger partial charge is 0.167 e. The predicted octanol–water partition coefficient (Wildman–Crippen LogP) is -0.00770. The van der Waals surface area contributed by atoms with Gasteiger partial charge in [-0.25, -0.2) is 15.0 Å². The first-order valence-corrected chi connectivity index (χ1v) is 7.77. The lowest BCUT2D eigenvalue weighted by molar-refractivity contribution is -0.0511. The quantitative estimate of drug-likeness (QED) is 0.590. The van der Waals surface area contributed by atoms with Crippen molar-refractivity contribution in [1.82, 2.24) is 19.5 Å². The topological polar surface area (TPSA) is 126 Å². The van der Waals surface area contributed by atoms with Gasteiger partial charge in [0.05, 0.1) is 12.9 Å². The van der Waals surface area contributed by atoms with Crippen LogP contribution in [-0.2, 0) is 4.74 Å². The van der Waals surface area contributed by atoms with E-state index in [1.54, 1.807) is 13.0 Å². The fourth-order valence-electron chi connectivity index (χ4n) is 2.57. The second kappa shape index (κ2) is 6.99. The molecule has 10 heteroatoms. The molecule has 2 aromatic rings. The van der Waals surface area contributed by atoms with Crippen LogP contribution in [0.1, 0.15) is 13.2 Å². The average molecular weight is 356 g/mol. The SMILES string of the molecule is CC(Cl)=CCNc1ncnc2c1ncn2[C@@H]1O[C@H](CO)C(O)C1O. The van der Waals surface area contributed by atoms with Crippen LogP contribution in [0.3, 0.4) is 0 Å². The molecule has 130 valence electrons. The zero-order chi connectivity index (χ0) is 17.3. The van der Waals surface area contributed by atoms with E-state index in [4.69, 9.17) is 16.3 Å². The molecule has 3 heterocycles. The van der Waals surface area contributed by atoms with E-state index < -0.39 is 31.1 Å². The Morgan fingerprint density at radius 1 is 1.38 bits per heavy atom. The molecular weight excluding hydrogens is 338 g/mol. The van der Waals surface area contributed by atoms with E-state index >= 15 is 0 Å². The average Bonchev–Trinajstić information content (AvgIpc) is 3.10. The van der Waals surface area contributed by atoms with Crippen LogP contribution in [0.2, 0.25) is 0 Å². The van der Waals surface area contributed by atoms with Crippen LogP contribution >= 0.6 is 11.6 Å². The second-order valence-electron chi connectivity index (χ2n) is 5.45. The number of hydrogen-bond donors (Lipinski definition) is 4. The van der Waals surface area contributed by atoms with E-state index in [0.717, 1.165) is 0 Å². The lowest BCUT2D eigenvalue weighted by Gasteiger charge is -2.16. The molecule has 4 atom stereocenters. The second-order valence-corrected chi connectivity index (χ2v) is 6.04. The first-order chi connectivity index (χ1) is 11.5. The van der Waals surface area contributed by atoms with Gasteiger partial charge in [0.15, 0.2) is 23.2 Å². The van der Waals surface area contributed by atoms with Crippen LogP contribution in [0.15, 0.2) is 23.8 Å². The summed E-state index contributed by atoms with van der Waals surface area (Å²) < 4.78 is 7.01. The number of halogens is 1. The first-order valence-electron chi connectivity index (χ1n) is 7.39. The van der Waals surface area contributed by atoms with Gasteiger partial charge in [0.25, 0.3) is 0 Å². The minimum atomic E-state index is -1.20. The molecule has 0 spiro atoms. The molecule has 1 fully saturated rings. The maximum absolute atomic E-state index is 10.1. The number of aliphatic hydroxyl groups excluding tert-OH is 3. The minimum absolute atomic E-state index is 0.396. The van der Waals surface area contributed by atoms with Gasteiger partial charge in [-0.3, -0.25) is 4.57 Å². The molecule has 4 N–H and O–H groups in total. The van der Waals surface area contributed by atoms with E-state index in [0.29, 0.717) is 28.6 Å². The van der Waals surface area contributed by atoms with Gasteiger partial charge in [-0.1, -0.05) is 17.7 Å². The molecule has 3 rings (SSSR count). The molecule has 0 saturated carbocycles. The highest BCUT2D eigenvalue weighted by Gasteiger charge is 2.43. The summed E-state index contributed by atoms with van der Waals surface area (Å²) in [5, 5.41) is 33.0. The van der Waals surface area contributed by atoms with E-state index in [2.05, 4.69) is 20.3 Å². The fourth-order valence-corrected chi connectivity index (χ4v) is 2.64. The normalized spacial score (nSPS) is 27.8. The van der Waals surface area contributed by atoms with Crippen LogP contribution in [0, 0.1) is 0 Å². The maximum Gasteiger partial charge on any atom is 0.167 e. The van der Waals surface area contributed by atoms with Gasteiger partial charge in [0.1, 0.15) is 24.6 Å². The van der Waals surface area contributed by atoms with Crippen molar-refractivity contribution >= 4 is 28.6 Å². The summed E-state index contributed by atoms with van der Waals surface area (Å²) in [6, 6.07) is 0. The Morgan fingerprint density at radius 3 is 2.83 bits per heavy atom. The summed E-state index contributed by atoms with van der Waals surface area (Å²) in [4.78, 5) is 12.6. The number of imidazole rings is 1. The summed E-state index contributed by atoms with van der Waals surface area (Å²) in [6.45, 7) is 1.85. The number of fused-ring (bicyclic) bond motifs is 1. The van der Waals surface area contributed by atoms with Crippen LogP contribution in [0.25, 0.3) is 11.2 Å². The highest BCUT2D eigenvalue weighted by molar-refractivity contribution is 6.29.